The van der Waals surface area contributed by atoms with Crippen molar-refractivity contribution >= 4 is 5.97 Å². The number of hydrogen-bond donors (Lipinski definition) is 3. The van der Waals surface area contributed by atoms with Crippen LogP contribution in [-0.2, 0) is 4.79 Å². The summed E-state index contributed by atoms with van der Waals surface area (Å²) in [6.07, 6.45) is 1.66. The Morgan fingerprint density at radius 1 is 1.73 bits per heavy atom. The highest BCUT2D eigenvalue weighted by atomic mass is 16.4. The third-order valence-electron chi connectivity index (χ3n) is 2.09. The Morgan fingerprint density at radius 2 is 2.45 bits per heavy atom. The molecular weight excluding hydrogens is 144 g/mol. The summed E-state index contributed by atoms with van der Waals surface area (Å²) in [4.78, 5) is 10.5. The molecule has 11 heavy (non-hydrogen) atoms. The van der Waals surface area contributed by atoms with E-state index in [1.54, 1.807) is 0 Å². The zero-order valence-electron chi connectivity index (χ0n) is 6.42. The molecule has 0 aromatic carbocycles. The first-order valence-electron chi connectivity index (χ1n) is 3.90. The van der Waals surface area contributed by atoms with Gasteiger partial charge in [-0.05, 0) is 31.8 Å². The minimum Gasteiger partial charge on any atom is -0.480 e. The van der Waals surface area contributed by atoms with Gasteiger partial charge in [-0.3, -0.25) is 4.79 Å². The van der Waals surface area contributed by atoms with Crippen molar-refractivity contribution < 1.29 is 9.90 Å². The van der Waals surface area contributed by atoms with Crippen LogP contribution in [0.4, 0.5) is 0 Å². The summed E-state index contributed by atoms with van der Waals surface area (Å²) in [6, 6.07) is -0.341. The molecule has 0 bridgehead atoms. The monoisotopic (exact) mass is 158 g/mol. The van der Waals surface area contributed by atoms with E-state index in [0.717, 1.165) is 19.4 Å². The summed E-state index contributed by atoms with van der Waals surface area (Å²) in [6.45, 7) is 1.45. The molecule has 4 heteroatoms. The molecule has 4 N–H and O–H groups in total. The van der Waals surface area contributed by atoms with Gasteiger partial charge in [-0.15, -0.1) is 0 Å². The second-order valence-corrected chi connectivity index (χ2v) is 2.98. The summed E-state index contributed by atoms with van der Waals surface area (Å²) in [5, 5.41) is 11.5. The van der Waals surface area contributed by atoms with Crippen LogP contribution < -0.4 is 11.1 Å². The van der Waals surface area contributed by atoms with Crippen molar-refractivity contribution in [2.45, 2.75) is 18.9 Å². The van der Waals surface area contributed by atoms with E-state index >= 15 is 0 Å². The largest absolute Gasteiger partial charge is 0.480 e. The molecule has 1 saturated heterocycles. The lowest BCUT2D eigenvalue weighted by molar-refractivity contribution is -0.139. The molecule has 4 nitrogen and oxygen atoms in total. The summed E-state index contributed by atoms with van der Waals surface area (Å²) < 4.78 is 0. The molecule has 1 heterocycles. The number of rotatable bonds is 3. The summed E-state index contributed by atoms with van der Waals surface area (Å²) in [7, 11) is 0. The van der Waals surface area contributed by atoms with Crippen LogP contribution in [0.2, 0.25) is 0 Å². The predicted molar refractivity (Wildman–Crippen MR) is 41.2 cm³/mol. The molecule has 1 rings (SSSR count). The second kappa shape index (κ2) is 3.69. The predicted octanol–water partition coefficient (Wildman–Crippen LogP) is -0.602. The molecular formula is C7H14N2O2. The Bertz CT molecular complexity index is 149. The minimum atomic E-state index is -0.746. The second-order valence-electron chi connectivity index (χ2n) is 2.98. The van der Waals surface area contributed by atoms with E-state index in [0.29, 0.717) is 12.5 Å². The zero-order valence-corrected chi connectivity index (χ0v) is 6.42. The molecule has 1 aliphatic rings. The first-order valence-corrected chi connectivity index (χ1v) is 3.90. The third kappa shape index (κ3) is 2.17. The minimum absolute atomic E-state index is 0.341. The van der Waals surface area contributed by atoms with E-state index < -0.39 is 5.97 Å². The molecule has 2 unspecified atom stereocenters. The molecule has 0 radical (unpaired) electrons. The van der Waals surface area contributed by atoms with Crippen molar-refractivity contribution in [3.05, 3.63) is 0 Å². The first-order chi connectivity index (χ1) is 5.24. The van der Waals surface area contributed by atoms with Gasteiger partial charge in [-0.25, -0.2) is 0 Å². The lowest BCUT2D eigenvalue weighted by Crippen LogP contribution is -2.29. The molecule has 0 aromatic rings. The molecule has 64 valence electrons. The van der Waals surface area contributed by atoms with Gasteiger partial charge in [0.1, 0.15) is 6.04 Å². The first kappa shape index (κ1) is 8.49. The average molecular weight is 158 g/mol. The van der Waals surface area contributed by atoms with Gasteiger partial charge in [-0.1, -0.05) is 0 Å². The van der Waals surface area contributed by atoms with E-state index in [9.17, 15) is 4.79 Å². The van der Waals surface area contributed by atoms with Gasteiger partial charge in [0.15, 0.2) is 0 Å². The molecule has 0 saturated carbocycles. The number of carboxylic acids is 1. The molecule has 0 aliphatic carbocycles. The molecule has 1 fully saturated rings. The van der Waals surface area contributed by atoms with Gasteiger partial charge in [0.05, 0.1) is 0 Å². The molecule has 0 aromatic heterocycles. The topological polar surface area (TPSA) is 75.3 Å². The third-order valence-corrected chi connectivity index (χ3v) is 2.09. The van der Waals surface area contributed by atoms with E-state index in [4.69, 9.17) is 10.8 Å². The van der Waals surface area contributed by atoms with Gasteiger partial charge >= 0.3 is 5.97 Å². The lowest BCUT2D eigenvalue weighted by atomic mass is 10.0. The maximum absolute atomic E-state index is 10.5. The van der Waals surface area contributed by atoms with Crippen molar-refractivity contribution in [1.82, 2.24) is 5.32 Å². The highest BCUT2D eigenvalue weighted by Gasteiger charge is 2.28. The smallest absolute Gasteiger partial charge is 0.320 e. The van der Waals surface area contributed by atoms with Gasteiger partial charge < -0.3 is 16.2 Å². The number of carboxylic acid groups (broad SMARTS) is 1. The molecule has 2 atom stereocenters. The van der Waals surface area contributed by atoms with Crippen molar-refractivity contribution in [2.24, 2.45) is 11.7 Å². The summed E-state index contributed by atoms with van der Waals surface area (Å²) in [5.41, 5.74) is 5.35. The van der Waals surface area contributed by atoms with Crippen LogP contribution in [0, 0.1) is 5.92 Å². The number of carbonyl (C=O) groups is 1. The normalized spacial score (nSPS) is 30.6. The maximum Gasteiger partial charge on any atom is 0.320 e. The molecule has 0 amide bonds. The fraction of sp³-hybridized carbons (Fsp3) is 0.857. The van der Waals surface area contributed by atoms with E-state index in [-0.39, 0.29) is 6.04 Å². The van der Waals surface area contributed by atoms with Crippen molar-refractivity contribution in [3.63, 3.8) is 0 Å². The van der Waals surface area contributed by atoms with Crippen molar-refractivity contribution in [3.8, 4) is 0 Å². The van der Waals surface area contributed by atoms with E-state index in [2.05, 4.69) is 5.32 Å². The SMILES string of the molecule is NCCC1CNC(C(=O)O)C1. The highest BCUT2D eigenvalue weighted by Crippen LogP contribution is 2.16. The quantitative estimate of drug-likeness (QED) is 0.512. The van der Waals surface area contributed by atoms with Crippen LogP contribution in [0.1, 0.15) is 12.8 Å². The molecule has 0 spiro atoms. The number of hydrogen-bond acceptors (Lipinski definition) is 3. The van der Waals surface area contributed by atoms with Crippen LogP contribution in [0.5, 0.6) is 0 Å². The van der Waals surface area contributed by atoms with Gasteiger partial charge in [0.25, 0.3) is 0 Å². The van der Waals surface area contributed by atoms with Crippen LogP contribution in [0.3, 0.4) is 0 Å². The van der Waals surface area contributed by atoms with Crippen molar-refractivity contribution in [2.75, 3.05) is 13.1 Å². The summed E-state index contributed by atoms with van der Waals surface area (Å²) >= 11 is 0. The number of nitrogens with one attached hydrogen (secondary N) is 1. The molecule has 1 aliphatic heterocycles. The van der Waals surface area contributed by atoms with Crippen LogP contribution >= 0.6 is 0 Å². The van der Waals surface area contributed by atoms with Gasteiger partial charge in [-0.2, -0.15) is 0 Å². The Hall–Kier alpha value is -0.610. The van der Waals surface area contributed by atoms with Gasteiger partial charge in [0.2, 0.25) is 0 Å². The average Bonchev–Trinajstić information content (AvgIpc) is 2.37. The summed E-state index contributed by atoms with van der Waals surface area (Å²) in [5.74, 6) is -0.286. The number of aliphatic carboxylic acids is 1. The van der Waals surface area contributed by atoms with Crippen molar-refractivity contribution in [1.29, 1.82) is 0 Å². The van der Waals surface area contributed by atoms with Crippen LogP contribution in [0.25, 0.3) is 0 Å². The fourth-order valence-corrected chi connectivity index (χ4v) is 1.45. The fourth-order valence-electron chi connectivity index (χ4n) is 1.45. The maximum atomic E-state index is 10.5. The number of nitrogens with two attached hydrogens (primary N) is 1. The van der Waals surface area contributed by atoms with E-state index in [1.165, 1.54) is 0 Å². The Labute approximate surface area is 65.8 Å². The Kier molecular flexibility index (Phi) is 2.84. The highest BCUT2D eigenvalue weighted by molar-refractivity contribution is 5.73. The lowest BCUT2D eigenvalue weighted by Gasteiger charge is -2.04. The zero-order chi connectivity index (χ0) is 8.27. The van der Waals surface area contributed by atoms with E-state index in [1.807, 2.05) is 0 Å². The van der Waals surface area contributed by atoms with Gasteiger partial charge in [0, 0.05) is 0 Å². The van der Waals surface area contributed by atoms with Crippen LogP contribution in [0.15, 0.2) is 0 Å². The van der Waals surface area contributed by atoms with Crippen LogP contribution in [-0.4, -0.2) is 30.2 Å². The standard InChI is InChI=1S/C7H14N2O2/c8-2-1-5-3-6(7(10)11)9-4-5/h5-6,9H,1-4,8H2,(H,10,11). The Morgan fingerprint density at radius 3 is 2.91 bits per heavy atom. The Balaban J connectivity index is 2.29.